The van der Waals surface area contributed by atoms with Crippen LogP contribution in [0.1, 0.15) is 30.9 Å². The number of rotatable bonds is 10. The van der Waals surface area contributed by atoms with Crippen molar-refractivity contribution in [3.8, 4) is 5.75 Å². The van der Waals surface area contributed by atoms with Gasteiger partial charge in [-0.15, -0.1) is 24.0 Å². The molecular formula is C23H39IN4O3. The van der Waals surface area contributed by atoms with E-state index in [-0.39, 0.29) is 24.0 Å². The first kappa shape index (κ1) is 26.2. The number of hydrogen-bond acceptors (Lipinski definition) is 5. The first-order valence-electron chi connectivity index (χ1n) is 11.4. The number of morpholine rings is 1. The Kier molecular flexibility index (Phi) is 12.5. The summed E-state index contributed by atoms with van der Waals surface area (Å²) in [6.07, 6.45) is 2.17. The third kappa shape index (κ3) is 9.51. The van der Waals surface area contributed by atoms with Crippen LogP contribution in [0.15, 0.2) is 23.2 Å². The molecule has 3 rings (SSSR count). The molecule has 1 atom stereocenters. The van der Waals surface area contributed by atoms with Crippen molar-refractivity contribution in [2.45, 2.75) is 33.2 Å². The fourth-order valence-corrected chi connectivity index (χ4v) is 3.69. The maximum atomic E-state index is 6.15. The lowest BCUT2D eigenvalue weighted by Crippen LogP contribution is -2.40. The summed E-state index contributed by atoms with van der Waals surface area (Å²) in [6, 6.07) is 6.36. The number of nitrogens with one attached hydrogen (secondary N) is 2. The molecule has 0 spiro atoms. The summed E-state index contributed by atoms with van der Waals surface area (Å²) in [5.74, 6) is 2.29. The summed E-state index contributed by atoms with van der Waals surface area (Å²) in [6.45, 7) is 13.8. The van der Waals surface area contributed by atoms with Gasteiger partial charge in [-0.05, 0) is 44.9 Å². The van der Waals surface area contributed by atoms with Crippen molar-refractivity contribution in [2.75, 3.05) is 65.8 Å². The summed E-state index contributed by atoms with van der Waals surface area (Å²) in [5.41, 5.74) is 2.32. The van der Waals surface area contributed by atoms with E-state index < -0.39 is 0 Å². The summed E-state index contributed by atoms with van der Waals surface area (Å²) >= 11 is 0. The molecule has 0 saturated carbocycles. The van der Waals surface area contributed by atoms with Gasteiger partial charge >= 0.3 is 0 Å². The van der Waals surface area contributed by atoms with Gasteiger partial charge in [-0.25, -0.2) is 4.99 Å². The quantitative estimate of drug-likeness (QED) is 0.204. The molecule has 31 heavy (non-hydrogen) atoms. The molecule has 0 radical (unpaired) electrons. The molecule has 7 nitrogen and oxygen atoms in total. The van der Waals surface area contributed by atoms with Gasteiger partial charge in [-0.2, -0.15) is 0 Å². The van der Waals surface area contributed by atoms with Crippen LogP contribution in [0.5, 0.6) is 5.75 Å². The molecule has 2 saturated heterocycles. The van der Waals surface area contributed by atoms with E-state index in [4.69, 9.17) is 19.2 Å². The fraction of sp³-hybridized carbons (Fsp3) is 0.696. The molecule has 1 unspecified atom stereocenters. The Balaban J connectivity index is 0.00000341. The second-order valence-corrected chi connectivity index (χ2v) is 8.08. The van der Waals surface area contributed by atoms with Gasteiger partial charge in [-0.3, -0.25) is 4.90 Å². The second kappa shape index (κ2) is 14.9. The molecule has 1 aromatic rings. The largest absolute Gasteiger partial charge is 0.493 e. The fourth-order valence-electron chi connectivity index (χ4n) is 3.69. The highest BCUT2D eigenvalue weighted by molar-refractivity contribution is 14.0. The predicted octanol–water partition coefficient (Wildman–Crippen LogP) is 2.81. The number of aryl methyl sites for hydroxylation is 1. The number of ether oxygens (including phenoxy) is 3. The zero-order chi connectivity index (χ0) is 21.0. The molecule has 8 heteroatoms. The molecule has 1 aromatic carbocycles. The first-order chi connectivity index (χ1) is 14.7. The number of benzene rings is 1. The maximum absolute atomic E-state index is 6.15. The molecule has 2 N–H and O–H groups in total. The Hall–Kier alpha value is -1.10. The first-order valence-corrected chi connectivity index (χ1v) is 11.4. The van der Waals surface area contributed by atoms with Gasteiger partial charge in [0.25, 0.3) is 0 Å². The van der Waals surface area contributed by atoms with E-state index in [0.717, 1.165) is 89.3 Å². The Morgan fingerprint density at radius 2 is 2.03 bits per heavy atom. The van der Waals surface area contributed by atoms with Crippen LogP contribution in [-0.2, 0) is 16.0 Å². The number of hydrogen-bond donors (Lipinski definition) is 2. The van der Waals surface area contributed by atoms with Crippen LogP contribution in [-0.4, -0.2) is 76.6 Å². The Morgan fingerprint density at radius 1 is 1.19 bits per heavy atom. The SMILES string of the molecule is CCNC(=NCc1ccc(C)cc1OCC1CCOC1)NCCCN1CCOCC1.I. The van der Waals surface area contributed by atoms with Gasteiger partial charge in [0.2, 0.25) is 0 Å². The molecule has 0 aromatic heterocycles. The van der Waals surface area contributed by atoms with E-state index >= 15 is 0 Å². The van der Waals surface area contributed by atoms with Crippen molar-refractivity contribution in [3.63, 3.8) is 0 Å². The summed E-state index contributed by atoms with van der Waals surface area (Å²) < 4.78 is 17.0. The van der Waals surface area contributed by atoms with Crippen LogP contribution in [0.25, 0.3) is 0 Å². The normalized spacial score (nSPS) is 19.7. The van der Waals surface area contributed by atoms with Crippen LogP contribution in [0.3, 0.4) is 0 Å². The minimum atomic E-state index is 0. The van der Waals surface area contributed by atoms with Gasteiger partial charge in [0.15, 0.2) is 5.96 Å². The Bertz CT molecular complexity index is 662. The smallest absolute Gasteiger partial charge is 0.191 e. The van der Waals surface area contributed by atoms with Gasteiger partial charge in [-0.1, -0.05) is 12.1 Å². The average Bonchev–Trinajstić information content (AvgIpc) is 3.29. The standard InChI is InChI=1S/C23H38N4O3.HI/c1-3-24-23(25-8-4-9-27-10-13-28-14-11-27)26-16-21-6-5-19(2)15-22(21)30-18-20-7-12-29-17-20;/h5-6,15,20H,3-4,7-14,16-18H2,1-2H3,(H2,24,25,26);1H. The molecule has 2 aliphatic rings. The molecule has 0 bridgehead atoms. The second-order valence-electron chi connectivity index (χ2n) is 8.08. The van der Waals surface area contributed by atoms with Crippen molar-refractivity contribution >= 4 is 29.9 Å². The van der Waals surface area contributed by atoms with Crippen molar-refractivity contribution < 1.29 is 14.2 Å². The lowest BCUT2D eigenvalue weighted by molar-refractivity contribution is 0.0376. The van der Waals surface area contributed by atoms with Crippen molar-refractivity contribution in [1.29, 1.82) is 0 Å². The van der Waals surface area contributed by atoms with Crippen molar-refractivity contribution in [3.05, 3.63) is 29.3 Å². The zero-order valence-electron chi connectivity index (χ0n) is 19.0. The highest BCUT2D eigenvalue weighted by Gasteiger charge is 2.17. The van der Waals surface area contributed by atoms with E-state index in [2.05, 4.69) is 47.6 Å². The highest BCUT2D eigenvalue weighted by atomic mass is 127. The molecule has 176 valence electrons. The van der Waals surface area contributed by atoms with E-state index in [1.54, 1.807) is 0 Å². The number of aliphatic imine (C=N–C) groups is 1. The third-order valence-corrected chi connectivity index (χ3v) is 5.52. The monoisotopic (exact) mass is 546 g/mol. The summed E-state index contributed by atoms with van der Waals surface area (Å²) in [7, 11) is 0. The molecule has 0 aliphatic carbocycles. The van der Waals surface area contributed by atoms with Gasteiger partial charge < -0.3 is 24.8 Å². The number of halogens is 1. The van der Waals surface area contributed by atoms with Crippen molar-refractivity contribution in [2.24, 2.45) is 10.9 Å². The summed E-state index contributed by atoms with van der Waals surface area (Å²) in [4.78, 5) is 7.25. The minimum Gasteiger partial charge on any atom is -0.493 e. The number of guanidine groups is 1. The molecule has 0 amide bonds. The molecule has 2 fully saturated rings. The lowest BCUT2D eigenvalue weighted by Gasteiger charge is -2.26. The molecule has 2 heterocycles. The van der Waals surface area contributed by atoms with Crippen LogP contribution in [0.4, 0.5) is 0 Å². The third-order valence-electron chi connectivity index (χ3n) is 5.52. The van der Waals surface area contributed by atoms with E-state index in [1.807, 2.05) is 0 Å². The van der Waals surface area contributed by atoms with Crippen LogP contribution >= 0.6 is 24.0 Å². The zero-order valence-corrected chi connectivity index (χ0v) is 21.4. The highest BCUT2D eigenvalue weighted by Crippen LogP contribution is 2.23. The van der Waals surface area contributed by atoms with Crippen molar-refractivity contribution in [1.82, 2.24) is 15.5 Å². The maximum Gasteiger partial charge on any atom is 0.191 e. The van der Waals surface area contributed by atoms with E-state index in [0.29, 0.717) is 19.1 Å². The topological polar surface area (TPSA) is 67.4 Å². The number of nitrogens with zero attached hydrogens (tertiary/aromatic N) is 2. The van der Waals surface area contributed by atoms with Gasteiger partial charge in [0.1, 0.15) is 5.75 Å². The van der Waals surface area contributed by atoms with E-state index in [9.17, 15) is 0 Å². The van der Waals surface area contributed by atoms with Gasteiger partial charge in [0, 0.05) is 44.3 Å². The lowest BCUT2D eigenvalue weighted by atomic mass is 10.1. The molecule has 2 aliphatic heterocycles. The Morgan fingerprint density at radius 3 is 2.77 bits per heavy atom. The van der Waals surface area contributed by atoms with Gasteiger partial charge in [0.05, 0.1) is 33.0 Å². The predicted molar refractivity (Wildman–Crippen MR) is 136 cm³/mol. The summed E-state index contributed by atoms with van der Waals surface area (Å²) in [5, 5.41) is 6.81. The minimum absolute atomic E-state index is 0. The van der Waals surface area contributed by atoms with E-state index in [1.165, 1.54) is 5.56 Å². The molecular weight excluding hydrogens is 507 g/mol. The Labute approximate surface area is 204 Å². The van der Waals surface area contributed by atoms with Crippen LogP contribution < -0.4 is 15.4 Å². The average molecular weight is 546 g/mol. The van der Waals surface area contributed by atoms with Crippen LogP contribution in [0, 0.1) is 12.8 Å². The van der Waals surface area contributed by atoms with Crippen LogP contribution in [0.2, 0.25) is 0 Å².